The van der Waals surface area contributed by atoms with Gasteiger partial charge in [-0.15, -0.1) is 0 Å². The van der Waals surface area contributed by atoms with Crippen molar-refractivity contribution in [2.75, 3.05) is 13.7 Å². The monoisotopic (exact) mass is 281 g/mol. The van der Waals surface area contributed by atoms with Crippen LogP contribution in [0.1, 0.15) is 27.2 Å². The first-order chi connectivity index (χ1) is 7.83. The molecule has 0 saturated heterocycles. The number of carboxylic acids is 1. The molecule has 0 aliphatic rings. The Bertz CT molecular complexity index is 330. The van der Waals surface area contributed by atoms with Crippen LogP contribution in [0.3, 0.4) is 0 Å². The van der Waals surface area contributed by atoms with Crippen LogP contribution in [0.15, 0.2) is 11.8 Å². The lowest BCUT2D eigenvalue weighted by Crippen LogP contribution is -2.13. The first-order valence-corrected chi connectivity index (χ1v) is 8.00. The Morgan fingerprint density at radius 2 is 2.18 bits per heavy atom. The zero-order valence-corrected chi connectivity index (χ0v) is 12.3. The van der Waals surface area contributed by atoms with Gasteiger partial charge in [0, 0.05) is 20.1 Å². The van der Waals surface area contributed by atoms with E-state index in [1.807, 2.05) is 20.8 Å². The summed E-state index contributed by atoms with van der Waals surface area (Å²) in [4.78, 5) is 10.7. The molecule has 0 aliphatic carbocycles. The number of nitrogens with one attached hydrogen (secondary N) is 1. The third kappa shape index (κ3) is 7.49. The predicted octanol–water partition coefficient (Wildman–Crippen LogP) is 2.50. The number of hydrogen-bond acceptors (Lipinski definition) is 4. The number of carboxylic acid groups (broad SMARTS) is 1. The van der Waals surface area contributed by atoms with Crippen LogP contribution in [-0.4, -0.2) is 24.7 Å². The van der Waals surface area contributed by atoms with E-state index in [1.54, 1.807) is 0 Å². The van der Waals surface area contributed by atoms with Crippen molar-refractivity contribution in [3.05, 3.63) is 11.8 Å². The van der Waals surface area contributed by atoms with Crippen LogP contribution < -0.4 is 5.09 Å². The van der Waals surface area contributed by atoms with Crippen molar-refractivity contribution in [1.82, 2.24) is 5.09 Å². The lowest BCUT2D eigenvalue weighted by Gasteiger charge is -2.23. The molecule has 0 aromatic rings. The van der Waals surface area contributed by atoms with E-state index < -0.39 is 12.6 Å². The molecule has 0 bridgehead atoms. The van der Waals surface area contributed by atoms with E-state index in [-0.39, 0.29) is 5.92 Å². The first-order valence-electron chi connectivity index (χ1n) is 5.37. The molecule has 0 aromatic carbocycles. The summed E-state index contributed by atoms with van der Waals surface area (Å²) in [5, 5.41) is 11.7. The van der Waals surface area contributed by atoms with Gasteiger partial charge in [-0.25, -0.2) is 9.88 Å². The molecule has 0 spiro atoms. The summed E-state index contributed by atoms with van der Waals surface area (Å²) in [6.07, 6.45) is 1.55. The van der Waals surface area contributed by atoms with Crippen molar-refractivity contribution in [2.24, 2.45) is 5.92 Å². The zero-order chi connectivity index (χ0) is 13.5. The van der Waals surface area contributed by atoms with Crippen molar-refractivity contribution in [2.45, 2.75) is 27.2 Å². The number of allylic oxidation sites excluding steroid dienone is 1. The molecule has 17 heavy (non-hydrogen) atoms. The molecule has 100 valence electrons. The summed E-state index contributed by atoms with van der Waals surface area (Å²) in [6.45, 7) is 3.82. The second-order valence-electron chi connectivity index (χ2n) is 3.83. The molecule has 0 radical (unpaired) electrons. The number of aliphatic carboxylic acids is 1. The summed E-state index contributed by atoms with van der Waals surface area (Å²) >= 11 is 5.21. The maximum absolute atomic E-state index is 10.7. The van der Waals surface area contributed by atoms with Crippen LogP contribution in [0.25, 0.3) is 0 Å². The summed E-state index contributed by atoms with van der Waals surface area (Å²) in [5.41, 5.74) is 0. The maximum Gasteiger partial charge on any atom is 0.331 e. The molecule has 0 aromatic heterocycles. The zero-order valence-electron chi connectivity index (χ0n) is 10.6. The van der Waals surface area contributed by atoms with E-state index in [2.05, 4.69) is 5.09 Å². The molecule has 7 heteroatoms. The Morgan fingerprint density at radius 3 is 2.53 bits per heavy atom. The fourth-order valence-corrected chi connectivity index (χ4v) is 2.91. The highest BCUT2D eigenvalue weighted by Gasteiger charge is 2.20. The molecule has 0 heterocycles. The van der Waals surface area contributed by atoms with Gasteiger partial charge in [0.25, 0.3) is 0 Å². The van der Waals surface area contributed by atoms with Gasteiger partial charge in [-0.1, -0.05) is 20.8 Å². The Balaban J connectivity index is 4.84. The highest BCUT2D eigenvalue weighted by atomic mass is 32.5. The summed E-state index contributed by atoms with van der Waals surface area (Å²) in [5.74, 6) is -0.420. The minimum Gasteiger partial charge on any atom is -0.478 e. The third-order valence-electron chi connectivity index (χ3n) is 1.72. The standard InChI is InChI=1S/C10H20NO4PS/c1-5-11-16(17,14-4)15-9(6-8(2)3)7-10(12)13/h7-8H,5-6H2,1-4H3,(H,11,17)(H,12,13). The normalized spacial score (nSPS) is 15.7. The lowest BCUT2D eigenvalue weighted by molar-refractivity contribution is -0.131. The van der Waals surface area contributed by atoms with Gasteiger partial charge in [-0.05, 0) is 17.7 Å². The van der Waals surface area contributed by atoms with Gasteiger partial charge in [0.15, 0.2) is 0 Å². The van der Waals surface area contributed by atoms with Crippen LogP contribution >= 0.6 is 6.64 Å². The molecule has 0 rings (SSSR count). The Kier molecular flexibility index (Phi) is 7.63. The van der Waals surface area contributed by atoms with Crippen molar-refractivity contribution in [1.29, 1.82) is 0 Å². The highest BCUT2D eigenvalue weighted by molar-refractivity contribution is 8.09. The average molecular weight is 281 g/mol. The minimum atomic E-state index is -2.62. The fourth-order valence-electron chi connectivity index (χ4n) is 1.14. The average Bonchev–Trinajstić information content (AvgIpc) is 2.15. The molecule has 2 N–H and O–H groups in total. The van der Waals surface area contributed by atoms with Gasteiger partial charge >= 0.3 is 12.6 Å². The second kappa shape index (κ2) is 7.82. The van der Waals surface area contributed by atoms with Gasteiger partial charge in [-0.3, -0.25) is 0 Å². The molecule has 0 aliphatic heterocycles. The highest BCUT2D eigenvalue weighted by Crippen LogP contribution is 2.46. The number of rotatable bonds is 8. The van der Waals surface area contributed by atoms with E-state index in [0.29, 0.717) is 18.7 Å². The molecule has 5 nitrogen and oxygen atoms in total. The van der Waals surface area contributed by atoms with E-state index in [1.165, 1.54) is 7.11 Å². The van der Waals surface area contributed by atoms with Crippen LogP contribution in [0.2, 0.25) is 0 Å². The van der Waals surface area contributed by atoms with Crippen LogP contribution in [-0.2, 0) is 25.6 Å². The Morgan fingerprint density at radius 1 is 1.59 bits per heavy atom. The lowest BCUT2D eigenvalue weighted by atomic mass is 10.1. The number of carbonyl (C=O) groups is 1. The summed E-state index contributed by atoms with van der Waals surface area (Å²) in [7, 11) is 1.46. The summed E-state index contributed by atoms with van der Waals surface area (Å²) < 4.78 is 10.7. The topological polar surface area (TPSA) is 67.8 Å². The van der Waals surface area contributed by atoms with E-state index >= 15 is 0 Å². The maximum atomic E-state index is 10.7. The van der Waals surface area contributed by atoms with Gasteiger partial charge < -0.3 is 14.2 Å². The molecule has 0 saturated carbocycles. The van der Waals surface area contributed by atoms with Gasteiger partial charge in [0.1, 0.15) is 5.76 Å². The Labute approximate surface area is 107 Å². The molecule has 1 unspecified atom stereocenters. The SMILES string of the molecule is CCNP(=S)(OC)OC(=CC(=O)O)CC(C)C. The van der Waals surface area contributed by atoms with Gasteiger partial charge in [0.2, 0.25) is 0 Å². The van der Waals surface area contributed by atoms with E-state index in [9.17, 15) is 4.79 Å². The van der Waals surface area contributed by atoms with Crippen LogP contribution in [0, 0.1) is 5.92 Å². The molecule has 0 amide bonds. The molecular weight excluding hydrogens is 261 g/mol. The van der Waals surface area contributed by atoms with Gasteiger partial charge in [0.05, 0.1) is 6.08 Å². The molecular formula is C10H20NO4PS. The first kappa shape index (κ1) is 16.6. The van der Waals surface area contributed by atoms with Crippen molar-refractivity contribution in [3.63, 3.8) is 0 Å². The second-order valence-corrected chi connectivity index (χ2v) is 7.13. The fraction of sp³-hybridized carbons (Fsp3) is 0.700. The quantitative estimate of drug-likeness (QED) is 0.405. The predicted molar refractivity (Wildman–Crippen MR) is 71.2 cm³/mol. The van der Waals surface area contributed by atoms with Crippen molar-refractivity contribution in [3.8, 4) is 0 Å². The Hall–Kier alpha value is -0.420. The van der Waals surface area contributed by atoms with Crippen LogP contribution in [0.4, 0.5) is 0 Å². The van der Waals surface area contributed by atoms with Crippen LogP contribution in [0.5, 0.6) is 0 Å². The van der Waals surface area contributed by atoms with Crippen molar-refractivity contribution < 1.29 is 18.9 Å². The smallest absolute Gasteiger partial charge is 0.331 e. The summed E-state index contributed by atoms with van der Waals surface area (Å²) in [6, 6.07) is 0. The minimum absolute atomic E-state index is 0.280. The third-order valence-corrected chi connectivity index (χ3v) is 4.44. The van der Waals surface area contributed by atoms with Crippen molar-refractivity contribution >= 4 is 24.4 Å². The molecule has 1 atom stereocenters. The van der Waals surface area contributed by atoms with E-state index in [0.717, 1.165) is 6.08 Å². The largest absolute Gasteiger partial charge is 0.478 e. The molecule has 0 fully saturated rings. The number of hydrogen-bond donors (Lipinski definition) is 2. The van der Waals surface area contributed by atoms with Gasteiger partial charge in [-0.2, -0.15) is 0 Å². The van der Waals surface area contributed by atoms with E-state index in [4.69, 9.17) is 26.0 Å².